The summed E-state index contributed by atoms with van der Waals surface area (Å²) in [6.45, 7) is 0. The van der Waals surface area contributed by atoms with Crippen LogP contribution in [0.2, 0.25) is 0 Å². The highest BCUT2D eigenvalue weighted by Gasteiger charge is 2.51. The lowest BCUT2D eigenvalue weighted by molar-refractivity contribution is 0.436. The first-order valence-electron chi connectivity index (χ1n) is 15.7. The summed E-state index contributed by atoms with van der Waals surface area (Å²) in [7, 11) is 0. The molecule has 0 fully saturated rings. The second-order valence-corrected chi connectivity index (χ2v) is 12.1. The third-order valence-corrected chi connectivity index (χ3v) is 9.71. The minimum absolute atomic E-state index is 0.507. The highest BCUT2D eigenvalue weighted by molar-refractivity contribution is 6.07. The topological polar surface area (TPSA) is 25.6 Å². The van der Waals surface area contributed by atoms with Crippen molar-refractivity contribution in [2.24, 2.45) is 0 Å². The molecule has 0 amide bonds. The lowest BCUT2D eigenvalue weighted by Crippen LogP contribution is -2.32. The highest BCUT2D eigenvalue weighted by Crippen LogP contribution is 2.62. The van der Waals surface area contributed by atoms with E-state index in [4.69, 9.17) is 9.15 Å². The van der Waals surface area contributed by atoms with Gasteiger partial charge in [0.2, 0.25) is 0 Å². The number of fused-ring (bicyclic) bond motifs is 12. The smallest absolute Gasteiger partial charge is 0.139 e. The molecular formula is C43H27NO2. The van der Waals surface area contributed by atoms with E-state index in [9.17, 15) is 0 Å². The molecule has 10 rings (SSSR count). The maximum absolute atomic E-state index is 6.71. The largest absolute Gasteiger partial charge is 0.457 e. The Kier molecular flexibility index (Phi) is 5.20. The lowest BCUT2D eigenvalue weighted by Gasteiger charge is -2.39. The average Bonchev–Trinajstić information content (AvgIpc) is 3.62. The van der Waals surface area contributed by atoms with E-state index >= 15 is 0 Å². The van der Waals surface area contributed by atoms with E-state index in [1.165, 1.54) is 22.3 Å². The number of furan rings is 1. The molecule has 1 aliphatic carbocycles. The maximum atomic E-state index is 6.71. The van der Waals surface area contributed by atoms with Gasteiger partial charge < -0.3 is 14.1 Å². The molecule has 1 aliphatic heterocycles. The summed E-state index contributed by atoms with van der Waals surface area (Å²) < 4.78 is 13.4. The van der Waals surface area contributed by atoms with E-state index in [0.717, 1.165) is 61.6 Å². The molecular weight excluding hydrogens is 562 g/mol. The van der Waals surface area contributed by atoms with Crippen molar-refractivity contribution in [3.05, 3.63) is 186 Å². The van der Waals surface area contributed by atoms with Gasteiger partial charge in [0.25, 0.3) is 0 Å². The van der Waals surface area contributed by atoms with E-state index < -0.39 is 5.41 Å². The van der Waals surface area contributed by atoms with Crippen LogP contribution in [0.4, 0.5) is 17.1 Å². The molecule has 1 aromatic heterocycles. The fourth-order valence-corrected chi connectivity index (χ4v) is 7.85. The Balaban J connectivity index is 1.23. The van der Waals surface area contributed by atoms with Crippen LogP contribution < -0.4 is 9.64 Å². The summed E-state index contributed by atoms with van der Waals surface area (Å²) in [6, 6.07) is 58.0. The minimum atomic E-state index is -0.507. The van der Waals surface area contributed by atoms with Crippen LogP contribution in [-0.4, -0.2) is 0 Å². The van der Waals surface area contributed by atoms with Gasteiger partial charge in [0.15, 0.2) is 0 Å². The quantitative estimate of drug-likeness (QED) is 0.205. The molecule has 0 saturated heterocycles. The molecule has 2 heterocycles. The van der Waals surface area contributed by atoms with Crippen LogP contribution in [0.15, 0.2) is 168 Å². The summed E-state index contributed by atoms with van der Waals surface area (Å²) in [5.74, 6) is 1.70. The molecule has 3 heteroatoms. The zero-order chi connectivity index (χ0) is 30.2. The maximum Gasteiger partial charge on any atom is 0.139 e. The summed E-state index contributed by atoms with van der Waals surface area (Å²) in [5.41, 5.74) is 11.8. The molecule has 2 aliphatic rings. The molecule has 7 aromatic carbocycles. The number of hydrogen-bond donors (Lipinski definition) is 0. The standard InChI is InChI=1S/C43H27NO2/c1-3-13-28(14-4-1)44(29-15-5-2-6-16-29)30-23-24-33-34-26-38-42(27-41(34)46-40(33)25-30)45-39-22-12-11-21-37(39)43(38)35-19-9-7-17-31(35)32-18-8-10-20-36(32)43/h1-27H. The molecule has 3 nitrogen and oxygen atoms in total. The van der Waals surface area contributed by atoms with Gasteiger partial charge in [-0.15, -0.1) is 0 Å². The van der Waals surface area contributed by atoms with E-state index in [-0.39, 0.29) is 0 Å². The van der Waals surface area contributed by atoms with Crippen LogP contribution in [0, 0.1) is 0 Å². The van der Waals surface area contributed by atoms with Gasteiger partial charge in [-0.05, 0) is 70.8 Å². The fourth-order valence-electron chi connectivity index (χ4n) is 7.85. The summed E-state index contributed by atoms with van der Waals surface area (Å²) in [4.78, 5) is 2.26. The van der Waals surface area contributed by atoms with Crippen LogP contribution in [0.25, 0.3) is 33.1 Å². The van der Waals surface area contributed by atoms with Crippen molar-refractivity contribution in [1.29, 1.82) is 0 Å². The number of para-hydroxylation sites is 3. The second kappa shape index (κ2) is 9.47. The Labute approximate surface area is 266 Å². The first kappa shape index (κ1) is 25.3. The Morgan fingerprint density at radius 2 is 0.957 bits per heavy atom. The van der Waals surface area contributed by atoms with Gasteiger partial charge in [-0.1, -0.05) is 103 Å². The van der Waals surface area contributed by atoms with E-state index in [2.05, 4.69) is 157 Å². The van der Waals surface area contributed by atoms with Gasteiger partial charge >= 0.3 is 0 Å². The zero-order valence-electron chi connectivity index (χ0n) is 24.9. The second-order valence-electron chi connectivity index (χ2n) is 12.1. The minimum Gasteiger partial charge on any atom is -0.457 e. The van der Waals surface area contributed by atoms with Crippen molar-refractivity contribution in [2.45, 2.75) is 5.41 Å². The predicted octanol–water partition coefficient (Wildman–Crippen LogP) is 11.5. The Morgan fingerprint density at radius 1 is 0.391 bits per heavy atom. The van der Waals surface area contributed by atoms with Gasteiger partial charge in [0.05, 0.1) is 5.41 Å². The van der Waals surface area contributed by atoms with Crippen LogP contribution in [0.3, 0.4) is 0 Å². The Bertz CT molecular complexity index is 2370. The third kappa shape index (κ3) is 3.37. The Morgan fingerprint density at radius 3 is 1.63 bits per heavy atom. The molecule has 8 aromatic rings. The van der Waals surface area contributed by atoms with Gasteiger partial charge in [-0.2, -0.15) is 0 Å². The first-order chi connectivity index (χ1) is 22.8. The molecule has 1 spiro atoms. The normalized spacial score (nSPS) is 13.6. The fraction of sp³-hybridized carbons (Fsp3) is 0.0233. The first-order valence-corrected chi connectivity index (χ1v) is 15.7. The van der Waals surface area contributed by atoms with Gasteiger partial charge in [-0.3, -0.25) is 0 Å². The zero-order valence-corrected chi connectivity index (χ0v) is 24.9. The van der Waals surface area contributed by atoms with E-state index in [0.29, 0.717) is 0 Å². The van der Waals surface area contributed by atoms with Crippen LogP contribution in [0.1, 0.15) is 22.3 Å². The number of ether oxygens (including phenoxy) is 1. The lowest BCUT2D eigenvalue weighted by atomic mass is 9.66. The predicted molar refractivity (Wildman–Crippen MR) is 186 cm³/mol. The Hall–Kier alpha value is -6.06. The summed E-state index contributed by atoms with van der Waals surface area (Å²) in [5, 5.41) is 2.16. The van der Waals surface area contributed by atoms with E-state index in [1.54, 1.807) is 0 Å². The van der Waals surface area contributed by atoms with Crippen molar-refractivity contribution in [3.8, 4) is 22.6 Å². The third-order valence-electron chi connectivity index (χ3n) is 9.71. The monoisotopic (exact) mass is 589 g/mol. The number of benzene rings is 7. The SMILES string of the molecule is c1ccc(N(c2ccccc2)c2ccc3c(c2)oc2cc4c(cc23)C2(c3ccccc3O4)c3ccccc3-c3ccccc32)cc1. The van der Waals surface area contributed by atoms with E-state index in [1.807, 2.05) is 12.1 Å². The van der Waals surface area contributed by atoms with Gasteiger partial charge in [0.1, 0.15) is 22.7 Å². The van der Waals surface area contributed by atoms with Crippen LogP contribution in [0.5, 0.6) is 11.5 Å². The average molecular weight is 590 g/mol. The molecule has 0 saturated carbocycles. The van der Waals surface area contributed by atoms with Gasteiger partial charge in [-0.25, -0.2) is 0 Å². The van der Waals surface area contributed by atoms with Crippen molar-refractivity contribution >= 4 is 39.0 Å². The highest BCUT2D eigenvalue weighted by atomic mass is 16.5. The number of nitrogens with zero attached hydrogens (tertiary/aromatic N) is 1. The van der Waals surface area contributed by atoms with Crippen LogP contribution in [-0.2, 0) is 5.41 Å². The van der Waals surface area contributed by atoms with Crippen molar-refractivity contribution in [3.63, 3.8) is 0 Å². The van der Waals surface area contributed by atoms with Crippen molar-refractivity contribution in [2.75, 3.05) is 4.90 Å². The molecule has 0 radical (unpaired) electrons. The molecule has 0 bridgehead atoms. The number of hydrogen-bond acceptors (Lipinski definition) is 3. The number of rotatable bonds is 3. The molecule has 0 atom stereocenters. The van der Waals surface area contributed by atoms with Crippen molar-refractivity contribution in [1.82, 2.24) is 0 Å². The number of anilines is 3. The summed E-state index contributed by atoms with van der Waals surface area (Å²) in [6.07, 6.45) is 0. The van der Waals surface area contributed by atoms with Crippen molar-refractivity contribution < 1.29 is 9.15 Å². The molecule has 0 unspecified atom stereocenters. The molecule has 0 N–H and O–H groups in total. The summed E-state index contributed by atoms with van der Waals surface area (Å²) >= 11 is 0. The van der Waals surface area contributed by atoms with Gasteiger partial charge in [0, 0.05) is 51.1 Å². The van der Waals surface area contributed by atoms with Crippen LogP contribution >= 0.6 is 0 Å². The molecule has 216 valence electrons. The molecule has 46 heavy (non-hydrogen) atoms.